The van der Waals surface area contributed by atoms with Crippen molar-refractivity contribution in [2.24, 2.45) is 5.10 Å². The number of rotatable bonds is 5. The Morgan fingerprint density at radius 1 is 1.15 bits per heavy atom. The van der Waals surface area contributed by atoms with Gasteiger partial charge in [0.1, 0.15) is 5.76 Å². The number of halogens is 1. The van der Waals surface area contributed by atoms with E-state index in [-0.39, 0.29) is 11.8 Å². The van der Waals surface area contributed by atoms with Crippen LogP contribution in [-0.2, 0) is 0 Å². The monoisotopic (exact) mass is 401 g/mol. The van der Waals surface area contributed by atoms with Crippen LogP contribution in [0.3, 0.4) is 0 Å². The smallest absolute Gasteiger partial charge is 0.274 e. The van der Waals surface area contributed by atoms with E-state index in [0.717, 1.165) is 5.56 Å². The van der Waals surface area contributed by atoms with E-state index in [1.54, 1.807) is 50.2 Å². The maximum atomic E-state index is 12.2. The fraction of sp³-hybridized carbons (Fsp3) is 0.105. The molecule has 0 unspecified atom stereocenters. The highest BCUT2D eigenvalue weighted by Crippen LogP contribution is 2.22. The number of nitrogens with one attached hydrogen (secondary N) is 2. The first kappa shape index (κ1) is 18.9. The lowest BCUT2D eigenvalue weighted by Gasteiger charge is -2.07. The molecule has 1 aromatic carbocycles. The zero-order valence-electron chi connectivity index (χ0n) is 14.6. The van der Waals surface area contributed by atoms with E-state index in [1.807, 2.05) is 6.07 Å². The number of amides is 2. The van der Waals surface area contributed by atoms with E-state index in [9.17, 15) is 9.59 Å². The number of benzene rings is 1. The molecule has 3 aromatic rings. The third kappa shape index (κ3) is 4.64. The van der Waals surface area contributed by atoms with Gasteiger partial charge >= 0.3 is 0 Å². The van der Waals surface area contributed by atoms with Crippen LogP contribution in [0.5, 0.6) is 0 Å². The molecule has 2 aromatic heterocycles. The zero-order valence-corrected chi connectivity index (χ0v) is 16.1. The molecule has 0 saturated heterocycles. The minimum atomic E-state index is -0.348. The van der Waals surface area contributed by atoms with Crippen LogP contribution in [0.4, 0.5) is 5.69 Å². The van der Waals surface area contributed by atoms with Crippen LogP contribution in [0.25, 0.3) is 0 Å². The molecule has 0 atom stereocenters. The first-order chi connectivity index (χ1) is 12.9. The second-order valence-corrected chi connectivity index (χ2v) is 7.38. The van der Waals surface area contributed by atoms with Gasteiger partial charge in [0.15, 0.2) is 0 Å². The van der Waals surface area contributed by atoms with Gasteiger partial charge in [-0.05, 0) is 49.7 Å². The summed E-state index contributed by atoms with van der Waals surface area (Å²) in [4.78, 5) is 24.8. The van der Waals surface area contributed by atoms with Gasteiger partial charge in [-0.2, -0.15) is 5.10 Å². The number of aryl methyl sites for hydroxylation is 1. The summed E-state index contributed by atoms with van der Waals surface area (Å²) < 4.78 is 5.67. The van der Waals surface area contributed by atoms with Gasteiger partial charge in [-0.3, -0.25) is 9.59 Å². The molecule has 0 saturated carbocycles. The van der Waals surface area contributed by atoms with Gasteiger partial charge in [-0.1, -0.05) is 23.7 Å². The van der Waals surface area contributed by atoms with Crippen molar-refractivity contribution >= 4 is 46.2 Å². The lowest BCUT2D eigenvalue weighted by atomic mass is 10.1. The molecule has 0 spiro atoms. The van der Waals surface area contributed by atoms with E-state index in [2.05, 4.69) is 15.8 Å². The van der Waals surface area contributed by atoms with Crippen LogP contribution >= 0.6 is 22.9 Å². The average molecular weight is 402 g/mol. The standard InChI is InChI=1S/C19H16ClN3O3S/c1-11(22-23-18(24)15-8-9-26-12(15)2)13-4-3-5-14(10-13)21-19(25)16-6-7-17(20)27-16/h3-10H,1-2H3,(H,21,25)(H,23,24)/b22-11-. The highest BCUT2D eigenvalue weighted by molar-refractivity contribution is 7.18. The summed E-state index contributed by atoms with van der Waals surface area (Å²) in [6.07, 6.45) is 1.45. The van der Waals surface area contributed by atoms with E-state index < -0.39 is 0 Å². The number of nitrogens with zero attached hydrogens (tertiary/aromatic N) is 1. The Bertz CT molecular complexity index is 1020. The van der Waals surface area contributed by atoms with Crippen molar-refractivity contribution < 1.29 is 14.0 Å². The molecule has 0 fully saturated rings. The maximum Gasteiger partial charge on any atom is 0.274 e. The highest BCUT2D eigenvalue weighted by atomic mass is 35.5. The second-order valence-electron chi connectivity index (χ2n) is 5.67. The molecule has 2 heterocycles. The van der Waals surface area contributed by atoms with Crippen molar-refractivity contribution in [2.45, 2.75) is 13.8 Å². The van der Waals surface area contributed by atoms with Crippen molar-refractivity contribution in [3.8, 4) is 0 Å². The van der Waals surface area contributed by atoms with Crippen molar-refractivity contribution in [2.75, 3.05) is 5.32 Å². The lowest BCUT2D eigenvalue weighted by Crippen LogP contribution is -2.19. The molecule has 0 bridgehead atoms. The van der Waals surface area contributed by atoms with Crippen LogP contribution < -0.4 is 10.7 Å². The third-order valence-electron chi connectivity index (χ3n) is 3.76. The minimum absolute atomic E-state index is 0.234. The fourth-order valence-electron chi connectivity index (χ4n) is 2.33. The molecular formula is C19H16ClN3O3S. The van der Waals surface area contributed by atoms with Gasteiger partial charge in [0.05, 0.1) is 26.8 Å². The molecular weight excluding hydrogens is 386 g/mol. The Labute approximate surface area is 164 Å². The summed E-state index contributed by atoms with van der Waals surface area (Å²) in [6, 6.07) is 12.1. The van der Waals surface area contributed by atoms with Crippen LogP contribution in [-0.4, -0.2) is 17.5 Å². The van der Waals surface area contributed by atoms with Crippen molar-refractivity contribution in [3.63, 3.8) is 0 Å². The normalized spacial score (nSPS) is 11.3. The van der Waals surface area contributed by atoms with Crippen LogP contribution in [0.15, 0.2) is 58.2 Å². The van der Waals surface area contributed by atoms with Gasteiger partial charge in [0, 0.05) is 5.69 Å². The Morgan fingerprint density at radius 2 is 1.96 bits per heavy atom. The molecule has 2 amide bonds. The summed E-state index contributed by atoms with van der Waals surface area (Å²) in [5.74, 6) is -0.0549. The number of hydrogen-bond acceptors (Lipinski definition) is 5. The summed E-state index contributed by atoms with van der Waals surface area (Å²) in [5.41, 5.74) is 4.92. The third-order valence-corrected chi connectivity index (χ3v) is 4.99. The first-order valence-corrected chi connectivity index (χ1v) is 9.19. The number of thiophene rings is 1. The zero-order chi connectivity index (χ0) is 19.4. The fourth-order valence-corrected chi connectivity index (χ4v) is 3.27. The number of hydrazone groups is 1. The Kier molecular flexibility index (Phi) is 5.73. The highest BCUT2D eigenvalue weighted by Gasteiger charge is 2.12. The van der Waals surface area contributed by atoms with Gasteiger partial charge in [-0.25, -0.2) is 5.43 Å². The number of carbonyl (C=O) groups is 2. The summed E-state index contributed by atoms with van der Waals surface area (Å²) in [7, 11) is 0. The molecule has 8 heteroatoms. The predicted molar refractivity (Wildman–Crippen MR) is 107 cm³/mol. The molecule has 0 aliphatic carbocycles. The molecule has 27 heavy (non-hydrogen) atoms. The minimum Gasteiger partial charge on any atom is -0.469 e. The summed E-state index contributed by atoms with van der Waals surface area (Å²) in [5, 5.41) is 6.94. The topological polar surface area (TPSA) is 83.7 Å². The number of furan rings is 1. The van der Waals surface area contributed by atoms with E-state index in [4.69, 9.17) is 16.0 Å². The maximum absolute atomic E-state index is 12.2. The van der Waals surface area contributed by atoms with Gasteiger partial charge in [0.25, 0.3) is 11.8 Å². The quantitative estimate of drug-likeness (QED) is 0.479. The summed E-state index contributed by atoms with van der Waals surface area (Å²) >= 11 is 7.07. The molecule has 0 aliphatic heterocycles. The molecule has 0 aliphatic rings. The average Bonchev–Trinajstić information content (AvgIpc) is 3.28. The summed E-state index contributed by atoms with van der Waals surface area (Å²) in [6.45, 7) is 3.47. The van der Waals surface area contributed by atoms with Gasteiger partial charge in [0.2, 0.25) is 0 Å². The van der Waals surface area contributed by atoms with Crippen LogP contribution in [0.1, 0.15) is 38.3 Å². The number of carbonyl (C=O) groups excluding carboxylic acids is 2. The largest absolute Gasteiger partial charge is 0.469 e. The van der Waals surface area contributed by atoms with E-state index in [1.165, 1.54) is 17.6 Å². The second kappa shape index (κ2) is 8.20. The first-order valence-electron chi connectivity index (χ1n) is 8.00. The lowest BCUT2D eigenvalue weighted by molar-refractivity contribution is 0.0952. The van der Waals surface area contributed by atoms with Crippen molar-refractivity contribution in [1.29, 1.82) is 0 Å². The molecule has 2 N–H and O–H groups in total. The molecule has 0 radical (unpaired) electrons. The van der Waals surface area contributed by atoms with Gasteiger partial charge < -0.3 is 9.73 Å². The SMILES string of the molecule is C/C(=N/NC(=O)c1ccoc1C)c1cccc(NC(=O)c2ccc(Cl)s2)c1. The number of hydrogen-bond donors (Lipinski definition) is 2. The van der Waals surface area contributed by atoms with Crippen LogP contribution in [0.2, 0.25) is 4.34 Å². The molecule has 6 nitrogen and oxygen atoms in total. The van der Waals surface area contributed by atoms with Crippen molar-refractivity contribution in [3.05, 3.63) is 74.8 Å². The Morgan fingerprint density at radius 3 is 2.63 bits per heavy atom. The van der Waals surface area contributed by atoms with E-state index in [0.29, 0.717) is 31.9 Å². The van der Waals surface area contributed by atoms with Crippen molar-refractivity contribution in [1.82, 2.24) is 5.43 Å². The molecule has 138 valence electrons. The Hall–Kier alpha value is -2.90. The Balaban J connectivity index is 1.69. The van der Waals surface area contributed by atoms with E-state index >= 15 is 0 Å². The molecule has 3 rings (SSSR count). The number of anilines is 1. The van der Waals surface area contributed by atoms with Gasteiger partial charge in [-0.15, -0.1) is 11.3 Å². The predicted octanol–water partition coefficient (Wildman–Crippen LogP) is 4.71. The van der Waals surface area contributed by atoms with Crippen LogP contribution in [0, 0.1) is 6.92 Å².